The predicted molar refractivity (Wildman–Crippen MR) is 84.7 cm³/mol. The number of aromatic amines is 1. The van der Waals surface area contributed by atoms with E-state index in [9.17, 15) is 0 Å². The molecule has 0 spiro atoms. The number of nitrogens with one attached hydrogen (secondary N) is 1. The lowest BCUT2D eigenvalue weighted by atomic mass is 9.84. The summed E-state index contributed by atoms with van der Waals surface area (Å²) in [6.45, 7) is 12.6. The van der Waals surface area contributed by atoms with E-state index in [4.69, 9.17) is 0 Å². The molecule has 2 aromatic rings. The van der Waals surface area contributed by atoms with Crippen LogP contribution in [0.5, 0.6) is 0 Å². The lowest BCUT2D eigenvalue weighted by Crippen LogP contribution is -2.11. The predicted octanol–water partition coefficient (Wildman–Crippen LogP) is 5.14. The number of rotatable bonds is 4. The third kappa shape index (κ3) is 2.81. The Labute approximate surface area is 116 Å². The van der Waals surface area contributed by atoms with Gasteiger partial charge < -0.3 is 4.98 Å². The van der Waals surface area contributed by atoms with E-state index in [1.165, 1.54) is 27.6 Å². The van der Waals surface area contributed by atoms with Gasteiger partial charge in [0.05, 0.1) is 0 Å². The Morgan fingerprint density at radius 2 is 2.05 bits per heavy atom. The van der Waals surface area contributed by atoms with Crippen molar-refractivity contribution in [2.75, 3.05) is 0 Å². The van der Waals surface area contributed by atoms with Crippen molar-refractivity contribution < 1.29 is 0 Å². The quantitative estimate of drug-likeness (QED) is 0.726. The topological polar surface area (TPSA) is 15.8 Å². The van der Waals surface area contributed by atoms with Crippen LogP contribution in [0.1, 0.15) is 38.8 Å². The van der Waals surface area contributed by atoms with Crippen molar-refractivity contribution in [2.45, 2.75) is 39.5 Å². The standard InChI is InChI=1S/C18H23N/c1-6-18(4,5)16-12-19-17-11-14(8-7-13(2)3)9-10-15(16)17/h6-7,9-12,19H,1,8H2,2-5H3. The highest BCUT2D eigenvalue weighted by atomic mass is 14.7. The van der Waals surface area contributed by atoms with E-state index in [0.29, 0.717) is 0 Å². The molecule has 2 rings (SSSR count). The highest BCUT2D eigenvalue weighted by molar-refractivity contribution is 5.85. The second kappa shape index (κ2) is 5.08. The van der Waals surface area contributed by atoms with Gasteiger partial charge in [-0.2, -0.15) is 0 Å². The van der Waals surface area contributed by atoms with Gasteiger partial charge in [-0.05, 0) is 37.5 Å². The first kappa shape index (κ1) is 13.7. The van der Waals surface area contributed by atoms with E-state index in [1.54, 1.807) is 0 Å². The molecule has 0 aliphatic carbocycles. The maximum atomic E-state index is 3.94. The van der Waals surface area contributed by atoms with Gasteiger partial charge in [0.25, 0.3) is 0 Å². The van der Waals surface area contributed by atoms with Gasteiger partial charge in [-0.15, -0.1) is 6.58 Å². The van der Waals surface area contributed by atoms with Crippen LogP contribution in [0.25, 0.3) is 10.9 Å². The molecule has 1 heterocycles. The average molecular weight is 253 g/mol. The van der Waals surface area contributed by atoms with Gasteiger partial charge in [-0.25, -0.2) is 0 Å². The Morgan fingerprint density at radius 1 is 1.32 bits per heavy atom. The normalized spacial score (nSPS) is 11.6. The molecule has 0 aliphatic heterocycles. The largest absolute Gasteiger partial charge is 0.361 e. The first-order valence-electron chi connectivity index (χ1n) is 6.81. The number of allylic oxidation sites excluding steroid dienone is 3. The molecule has 0 unspecified atom stereocenters. The molecule has 0 aliphatic rings. The number of benzene rings is 1. The van der Waals surface area contributed by atoms with Gasteiger partial charge in [0.2, 0.25) is 0 Å². The van der Waals surface area contributed by atoms with Crippen LogP contribution in [0.2, 0.25) is 0 Å². The third-order valence-electron chi connectivity index (χ3n) is 3.70. The number of hydrogen-bond acceptors (Lipinski definition) is 0. The zero-order valence-electron chi connectivity index (χ0n) is 12.4. The molecule has 1 aromatic carbocycles. The van der Waals surface area contributed by atoms with Crippen molar-refractivity contribution in [3.63, 3.8) is 0 Å². The van der Waals surface area contributed by atoms with Crippen molar-refractivity contribution in [1.82, 2.24) is 4.98 Å². The van der Waals surface area contributed by atoms with Gasteiger partial charge in [0, 0.05) is 22.5 Å². The lowest BCUT2D eigenvalue weighted by Gasteiger charge is -2.19. The SMILES string of the molecule is C=CC(C)(C)c1c[nH]c2cc(CC=C(C)C)ccc12. The maximum Gasteiger partial charge on any atom is 0.0460 e. The number of aromatic nitrogens is 1. The van der Waals surface area contributed by atoms with E-state index < -0.39 is 0 Å². The fourth-order valence-electron chi connectivity index (χ4n) is 2.27. The van der Waals surface area contributed by atoms with E-state index in [0.717, 1.165) is 6.42 Å². The minimum atomic E-state index is -0.000321. The first-order valence-corrected chi connectivity index (χ1v) is 6.81. The molecule has 1 aromatic heterocycles. The number of hydrogen-bond donors (Lipinski definition) is 1. The Hall–Kier alpha value is -1.76. The fourth-order valence-corrected chi connectivity index (χ4v) is 2.27. The Kier molecular flexibility index (Phi) is 3.66. The second-order valence-corrected chi connectivity index (χ2v) is 5.99. The van der Waals surface area contributed by atoms with Crippen LogP contribution >= 0.6 is 0 Å². The van der Waals surface area contributed by atoms with E-state index >= 15 is 0 Å². The van der Waals surface area contributed by atoms with Gasteiger partial charge in [-0.1, -0.05) is 43.7 Å². The van der Waals surface area contributed by atoms with E-state index in [2.05, 4.69) is 69.7 Å². The van der Waals surface area contributed by atoms with Crippen LogP contribution < -0.4 is 0 Å². The van der Waals surface area contributed by atoms with E-state index in [-0.39, 0.29) is 5.41 Å². The van der Waals surface area contributed by atoms with Crippen LogP contribution in [-0.2, 0) is 11.8 Å². The molecule has 0 radical (unpaired) electrons. The van der Waals surface area contributed by atoms with Gasteiger partial charge in [0.1, 0.15) is 0 Å². The van der Waals surface area contributed by atoms with Crippen LogP contribution in [0.4, 0.5) is 0 Å². The summed E-state index contributed by atoms with van der Waals surface area (Å²) in [4.78, 5) is 3.39. The second-order valence-electron chi connectivity index (χ2n) is 5.99. The Bertz CT molecular complexity index is 622. The maximum absolute atomic E-state index is 3.94. The molecular weight excluding hydrogens is 230 g/mol. The monoisotopic (exact) mass is 253 g/mol. The molecule has 1 heteroatoms. The Balaban J connectivity index is 2.42. The van der Waals surface area contributed by atoms with Crippen LogP contribution in [0.3, 0.4) is 0 Å². The zero-order valence-corrected chi connectivity index (χ0v) is 12.4. The molecule has 0 bridgehead atoms. The van der Waals surface area contributed by atoms with Crippen LogP contribution in [0, 0.1) is 0 Å². The van der Waals surface area contributed by atoms with Gasteiger partial charge in [-0.3, -0.25) is 0 Å². The van der Waals surface area contributed by atoms with Crippen LogP contribution in [0.15, 0.2) is 48.7 Å². The summed E-state index contributed by atoms with van der Waals surface area (Å²) in [7, 11) is 0. The molecular formula is C18H23N. The molecule has 0 fully saturated rings. The molecule has 100 valence electrons. The van der Waals surface area contributed by atoms with Gasteiger partial charge >= 0.3 is 0 Å². The highest BCUT2D eigenvalue weighted by Crippen LogP contribution is 2.31. The zero-order chi connectivity index (χ0) is 14.0. The molecule has 0 saturated carbocycles. The summed E-state index contributed by atoms with van der Waals surface area (Å²) >= 11 is 0. The molecule has 0 atom stereocenters. The highest BCUT2D eigenvalue weighted by Gasteiger charge is 2.19. The minimum absolute atomic E-state index is 0.000321. The fraction of sp³-hybridized carbons (Fsp3) is 0.333. The molecule has 0 amide bonds. The summed E-state index contributed by atoms with van der Waals surface area (Å²) in [6, 6.07) is 6.69. The van der Waals surface area contributed by atoms with Crippen molar-refractivity contribution >= 4 is 10.9 Å². The Morgan fingerprint density at radius 3 is 2.68 bits per heavy atom. The van der Waals surface area contributed by atoms with Crippen LogP contribution in [-0.4, -0.2) is 4.98 Å². The molecule has 1 nitrogen and oxygen atoms in total. The summed E-state index contributed by atoms with van der Waals surface area (Å²) in [5, 5.41) is 1.30. The number of fused-ring (bicyclic) bond motifs is 1. The summed E-state index contributed by atoms with van der Waals surface area (Å²) in [5.41, 5.74) is 5.23. The summed E-state index contributed by atoms with van der Waals surface area (Å²) < 4.78 is 0. The van der Waals surface area contributed by atoms with Gasteiger partial charge in [0.15, 0.2) is 0 Å². The number of H-pyrrole nitrogens is 1. The minimum Gasteiger partial charge on any atom is -0.361 e. The lowest BCUT2D eigenvalue weighted by molar-refractivity contribution is 0.678. The molecule has 0 saturated heterocycles. The van der Waals surface area contributed by atoms with Crippen molar-refractivity contribution in [3.05, 3.63) is 59.8 Å². The first-order chi connectivity index (χ1) is 8.94. The molecule has 19 heavy (non-hydrogen) atoms. The summed E-state index contributed by atoms with van der Waals surface area (Å²) in [6.07, 6.45) is 7.37. The van der Waals surface area contributed by atoms with Crippen molar-refractivity contribution in [1.29, 1.82) is 0 Å². The third-order valence-corrected chi connectivity index (χ3v) is 3.70. The van der Waals surface area contributed by atoms with E-state index in [1.807, 2.05) is 6.08 Å². The average Bonchev–Trinajstić information content (AvgIpc) is 2.80. The molecule has 1 N–H and O–H groups in total. The van der Waals surface area contributed by atoms with Crippen molar-refractivity contribution in [2.24, 2.45) is 0 Å². The summed E-state index contributed by atoms with van der Waals surface area (Å²) in [5.74, 6) is 0. The van der Waals surface area contributed by atoms with Crippen molar-refractivity contribution in [3.8, 4) is 0 Å². The smallest absolute Gasteiger partial charge is 0.0460 e.